The summed E-state index contributed by atoms with van der Waals surface area (Å²) in [6.07, 6.45) is 1.72. The Hall–Kier alpha value is -1.30. The first-order valence-corrected chi connectivity index (χ1v) is 7.90. The van der Waals surface area contributed by atoms with Gasteiger partial charge in [0, 0.05) is 35.1 Å². The number of ether oxygens (including phenoxy) is 1. The van der Waals surface area contributed by atoms with Crippen LogP contribution in [0.1, 0.15) is 0 Å². The molecule has 3 rings (SSSR count). The molecule has 1 fully saturated rings. The maximum Gasteiger partial charge on any atom is 0.149 e. The van der Waals surface area contributed by atoms with E-state index in [0.29, 0.717) is 10.8 Å². The summed E-state index contributed by atoms with van der Waals surface area (Å²) in [5.74, 6) is 0.652. The SMILES string of the molecule is Clc1cc(Br)cnc1Nc1ccc(N2CCOCC2)cc1. The molecule has 0 saturated carbocycles. The molecule has 110 valence electrons. The molecule has 1 aromatic heterocycles. The van der Waals surface area contributed by atoms with Gasteiger partial charge in [-0.25, -0.2) is 4.98 Å². The smallest absolute Gasteiger partial charge is 0.149 e. The second-order valence-electron chi connectivity index (χ2n) is 4.76. The fraction of sp³-hybridized carbons (Fsp3) is 0.267. The summed E-state index contributed by atoms with van der Waals surface area (Å²) >= 11 is 9.50. The quantitative estimate of drug-likeness (QED) is 0.886. The highest BCUT2D eigenvalue weighted by Gasteiger charge is 2.11. The van der Waals surface area contributed by atoms with Crippen molar-refractivity contribution in [2.24, 2.45) is 0 Å². The van der Waals surface area contributed by atoms with Crippen molar-refractivity contribution < 1.29 is 4.74 Å². The van der Waals surface area contributed by atoms with E-state index in [0.717, 1.165) is 36.5 Å². The van der Waals surface area contributed by atoms with Gasteiger partial charge in [-0.1, -0.05) is 11.6 Å². The first-order valence-electron chi connectivity index (χ1n) is 6.73. The first-order chi connectivity index (χ1) is 10.2. The summed E-state index contributed by atoms with van der Waals surface area (Å²) in [5.41, 5.74) is 2.17. The molecule has 1 N–H and O–H groups in total. The normalized spacial score (nSPS) is 15.0. The van der Waals surface area contributed by atoms with Crippen LogP contribution in [0.15, 0.2) is 41.0 Å². The van der Waals surface area contributed by atoms with Crippen LogP contribution < -0.4 is 10.2 Å². The van der Waals surface area contributed by atoms with Crippen molar-refractivity contribution >= 4 is 44.7 Å². The lowest BCUT2D eigenvalue weighted by atomic mass is 10.2. The van der Waals surface area contributed by atoms with Crippen molar-refractivity contribution in [2.75, 3.05) is 36.5 Å². The largest absolute Gasteiger partial charge is 0.378 e. The second kappa shape index (κ2) is 6.64. The lowest BCUT2D eigenvalue weighted by molar-refractivity contribution is 0.122. The molecular formula is C15H15BrClN3O. The number of nitrogens with one attached hydrogen (secondary N) is 1. The number of aromatic nitrogens is 1. The molecule has 0 atom stereocenters. The third-order valence-corrected chi connectivity index (χ3v) is 4.04. The molecule has 0 aliphatic carbocycles. The zero-order valence-electron chi connectivity index (χ0n) is 11.4. The molecule has 0 radical (unpaired) electrons. The number of hydrogen-bond donors (Lipinski definition) is 1. The lowest BCUT2D eigenvalue weighted by Crippen LogP contribution is -2.36. The Balaban J connectivity index is 1.71. The molecule has 1 saturated heterocycles. The van der Waals surface area contributed by atoms with Crippen LogP contribution in [0.2, 0.25) is 5.02 Å². The van der Waals surface area contributed by atoms with Crippen molar-refractivity contribution in [3.63, 3.8) is 0 Å². The van der Waals surface area contributed by atoms with Crippen molar-refractivity contribution in [2.45, 2.75) is 0 Å². The topological polar surface area (TPSA) is 37.4 Å². The Kier molecular flexibility index (Phi) is 4.63. The van der Waals surface area contributed by atoms with Gasteiger partial charge < -0.3 is 15.0 Å². The van der Waals surface area contributed by atoms with Gasteiger partial charge in [-0.15, -0.1) is 0 Å². The van der Waals surface area contributed by atoms with Gasteiger partial charge in [0.1, 0.15) is 5.82 Å². The molecule has 6 heteroatoms. The van der Waals surface area contributed by atoms with Gasteiger partial charge in [0.25, 0.3) is 0 Å². The van der Waals surface area contributed by atoms with E-state index in [4.69, 9.17) is 16.3 Å². The van der Waals surface area contributed by atoms with Gasteiger partial charge in [0.2, 0.25) is 0 Å². The number of halogens is 2. The van der Waals surface area contributed by atoms with Gasteiger partial charge in [-0.3, -0.25) is 0 Å². The Morgan fingerprint density at radius 2 is 1.90 bits per heavy atom. The third-order valence-electron chi connectivity index (χ3n) is 3.31. The molecule has 0 spiro atoms. The zero-order chi connectivity index (χ0) is 14.7. The van der Waals surface area contributed by atoms with Gasteiger partial charge in [-0.2, -0.15) is 0 Å². The van der Waals surface area contributed by atoms with Crippen molar-refractivity contribution in [1.29, 1.82) is 0 Å². The molecular weight excluding hydrogens is 354 g/mol. The van der Waals surface area contributed by atoms with Crippen LogP contribution in [-0.4, -0.2) is 31.3 Å². The molecule has 0 amide bonds. The van der Waals surface area contributed by atoms with Crippen LogP contribution in [0.25, 0.3) is 0 Å². The molecule has 4 nitrogen and oxygen atoms in total. The summed E-state index contributed by atoms with van der Waals surface area (Å²) in [6, 6.07) is 10.1. The number of hydrogen-bond acceptors (Lipinski definition) is 4. The van der Waals surface area contributed by atoms with E-state index in [-0.39, 0.29) is 0 Å². The summed E-state index contributed by atoms with van der Waals surface area (Å²) in [4.78, 5) is 6.59. The average Bonchev–Trinajstić information content (AvgIpc) is 2.52. The number of nitrogens with zero attached hydrogens (tertiary/aromatic N) is 2. The van der Waals surface area contributed by atoms with Crippen LogP contribution >= 0.6 is 27.5 Å². The molecule has 0 unspecified atom stereocenters. The van der Waals surface area contributed by atoms with Crippen molar-refractivity contribution in [3.05, 3.63) is 46.0 Å². The third kappa shape index (κ3) is 3.67. The van der Waals surface area contributed by atoms with E-state index in [2.05, 4.69) is 43.3 Å². The minimum Gasteiger partial charge on any atom is -0.378 e. The van der Waals surface area contributed by atoms with Crippen molar-refractivity contribution in [3.8, 4) is 0 Å². The maximum atomic E-state index is 6.16. The molecule has 21 heavy (non-hydrogen) atoms. The maximum absolute atomic E-state index is 6.16. The average molecular weight is 369 g/mol. The Bertz CT molecular complexity index is 615. The van der Waals surface area contributed by atoms with Crippen molar-refractivity contribution in [1.82, 2.24) is 4.98 Å². The van der Waals surface area contributed by atoms with Crippen LogP contribution in [0, 0.1) is 0 Å². The van der Waals surface area contributed by atoms with E-state index in [1.54, 1.807) is 6.20 Å². The van der Waals surface area contributed by atoms with Gasteiger partial charge in [-0.05, 0) is 46.3 Å². The van der Waals surface area contributed by atoms with Crippen LogP contribution in [0.3, 0.4) is 0 Å². The van der Waals surface area contributed by atoms with E-state index >= 15 is 0 Å². The molecule has 1 aliphatic heterocycles. The molecule has 2 heterocycles. The summed E-state index contributed by atoms with van der Waals surface area (Å²) in [5, 5.41) is 3.81. The Labute approximate surface area is 137 Å². The Morgan fingerprint density at radius 1 is 1.19 bits per heavy atom. The van der Waals surface area contributed by atoms with E-state index < -0.39 is 0 Å². The fourth-order valence-electron chi connectivity index (χ4n) is 2.22. The van der Waals surface area contributed by atoms with E-state index in [9.17, 15) is 0 Å². The van der Waals surface area contributed by atoms with Gasteiger partial charge in [0.15, 0.2) is 0 Å². The number of pyridine rings is 1. The highest BCUT2D eigenvalue weighted by molar-refractivity contribution is 9.10. The minimum absolute atomic E-state index is 0.585. The van der Waals surface area contributed by atoms with Gasteiger partial charge >= 0.3 is 0 Å². The minimum atomic E-state index is 0.585. The Morgan fingerprint density at radius 3 is 2.57 bits per heavy atom. The number of morpholine rings is 1. The van der Waals surface area contributed by atoms with Crippen LogP contribution in [0.5, 0.6) is 0 Å². The fourth-order valence-corrected chi connectivity index (χ4v) is 2.90. The zero-order valence-corrected chi connectivity index (χ0v) is 13.7. The predicted octanol–water partition coefficient (Wildman–Crippen LogP) is 4.08. The number of rotatable bonds is 3. The van der Waals surface area contributed by atoms with E-state index in [1.807, 2.05) is 18.2 Å². The molecule has 1 aliphatic rings. The summed E-state index contributed by atoms with van der Waals surface area (Å²) in [6.45, 7) is 3.45. The summed E-state index contributed by atoms with van der Waals surface area (Å²) in [7, 11) is 0. The standard InChI is InChI=1S/C15H15BrClN3O/c16-11-9-14(17)15(18-10-11)19-12-1-3-13(4-2-12)20-5-7-21-8-6-20/h1-4,9-10H,5-8H2,(H,18,19). The van der Waals surface area contributed by atoms with Crippen LogP contribution in [0.4, 0.5) is 17.2 Å². The number of benzene rings is 1. The second-order valence-corrected chi connectivity index (χ2v) is 6.08. The molecule has 2 aromatic rings. The molecule has 1 aromatic carbocycles. The lowest BCUT2D eigenvalue weighted by Gasteiger charge is -2.28. The first kappa shape index (κ1) is 14.6. The monoisotopic (exact) mass is 367 g/mol. The predicted molar refractivity (Wildman–Crippen MR) is 89.7 cm³/mol. The van der Waals surface area contributed by atoms with Crippen LogP contribution in [-0.2, 0) is 4.74 Å². The molecule has 0 bridgehead atoms. The van der Waals surface area contributed by atoms with E-state index in [1.165, 1.54) is 5.69 Å². The highest BCUT2D eigenvalue weighted by atomic mass is 79.9. The highest BCUT2D eigenvalue weighted by Crippen LogP contribution is 2.27. The number of anilines is 3. The summed E-state index contributed by atoms with van der Waals surface area (Å²) < 4.78 is 6.23. The van der Waals surface area contributed by atoms with Gasteiger partial charge in [0.05, 0.1) is 18.2 Å².